The molecular formula is C16H21N5O2. The summed E-state index contributed by atoms with van der Waals surface area (Å²) in [6, 6.07) is 6.48. The van der Waals surface area contributed by atoms with Crippen LogP contribution in [0.25, 0.3) is 0 Å². The van der Waals surface area contributed by atoms with Crippen LogP contribution in [0, 0.1) is 0 Å². The molecule has 1 aromatic carbocycles. The summed E-state index contributed by atoms with van der Waals surface area (Å²) in [6.07, 6.45) is 5.55. The van der Waals surface area contributed by atoms with Crippen LogP contribution in [-0.4, -0.2) is 28.3 Å². The minimum atomic E-state index is -0.569. The molecule has 1 heterocycles. The van der Waals surface area contributed by atoms with Crippen LogP contribution in [-0.2, 0) is 20.0 Å². The Balaban J connectivity index is 1.73. The standard InChI is InChI=1S/C16H21N5O2/c1-21-11-13(10-20-21)3-2-8-18-15(22)14-6-4-12(5-7-14)9-19-16(17)23/h4-7,10-11H,2-3,8-9H2,1H3,(H,18,22)(H3,17,19,23). The monoisotopic (exact) mass is 315 g/mol. The third-order valence-corrected chi connectivity index (χ3v) is 3.37. The van der Waals surface area contributed by atoms with E-state index in [1.165, 1.54) is 0 Å². The van der Waals surface area contributed by atoms with Crippen molar-refractivity contribution >= 4 is 11.9 Å². The van der Waals surface area contributed by atoms with E-state index < -0.39 is 6.03 Å². The first kappa shape index (κ1) is 16.5. The summed E-state index contributed by atoms with van der Waals surface area (Å²) in [5.74, 6) is -0.106. The lowest BCUT2D eigenvalue weighted by Crippen LogP contribution is -2.28. The molecule has 2 rings (SSSR count). The lowest BCUT2D eigenvalue weighted by Gasteiger charge is -2.06. The number of amides is 3. The maximum absolute atomic E-state index is 12.0. The van der Waals surface area contributed by atoms with Crippen molar-refractivity contribution < 1.29 is 9.59 Å². The first-order valence-electron chi connectivity index (χ1n) is 7.42. The molecule has 3 amide bonds. The Morgan fingerprint density at radius 2 is 1.91 bits per heavy atom. The largest absolute Gasteiger partial charge is 0.352 e. The van der Waals surface area contributed by atoms with Crippen LogP contribution in [0.3, 0.4) is 0 Å². The summed E-state index contributed by atoms with van der Waals surface area (Å²) >= 11 is 0. The fourth-order valence-corrected chi connectivity index (χ4v) is 2.16. The number of rotatable bonds is 7. The summed E-state index contributed by atoms with van der Waals surface area (Å²) in [6.45, 7) is 0.959. The number of primary amides is 1. The van der Waals surface area contributed by atoms with Crippen LogP contribution in [0.4, 0.5) is 4.79 Å². The molecule has 0 saturated carbocycles. The fraction of sp³-hybridized carbons (Fsp3) is 0.312. The number of aryl methyl sites for hydroxylation is 2. The van der Waals surface area contributed by atoms with Gasteiger partial charge in [0.2, 0.25) is 0 Å². The number of nitrogens with two attached hydrogens (primary N) is 1. The molecule has 23 heavy (non-hydrogen) atoms. The Bertz CT molecular complexity index is 663. The number of carbonyl (C=O) groups is 2. The number of carbonyl (C=O) groups excluding carboxylic acids is 2. The number of aromatic nitrogens is 2. The molecule has 1 aromatic heterocycles. The van der Waals surface area contributed by atoms with Gasteiger partial charge in [-0.25, -0.2) is 4.79 Å². The second-order valence-electron chi connectivity index (χ2n) is 5.30. The van der Waals surface area contributed by atoms with Crippen LogP contribution in [0.5, 0.6) is 0 Å². The van der Waals surface area contributed by atoms with Crippen molar-refractivity contribution in [1.29, 1.82) is 0 Å². The van der Waals surface area contributed by atoms with E-state index in [1.807, 2.05) is 19.4 Å². The van der Waals surface area contributed by atoms with Crippen molar-refractivity contribution in [1.82, 2.24) is 20.4 Å². The van der Waals surface area contributed by atoms with Gasteiger partial charge in [-0.15, -0.1) is 0 Å². The van der Waals surface area contributed by atoms with Gasteiger partial charge in [0.05, 0.1) is 6.20 Å². The Kier molecular flexibility index (Phi) is 5.74. The molecule has 4 N–H and O–H groups in total. The Labute approximate surface area is 134 Å². The van der Waals surface area contributed by atoms with Gasteiger partial charge < -0.3 is 16.4 Å². The zero-order valence-corrected chi connectivity index (χ0v) is 13.1. The van der Waals surface area contributed by atoms with Crippen molar-refractivity contribution in [3.63, 3.8) is 0 Å². The number of benzene rings is 1. The topological polar surface area (TPSA) is 102 Å². The molecule has 0 fully saturated rings. The Morgan fingerprint density at radius 3 is 2.52 bits per heavy atom. The van der Waals surface area contributed by atoms with Crippen molar-refractivity contribution in [2.45, 2.75) is 19.4 Å². The summed E-state index contributed by atoms with van der Waals surface area (Å²) in [5.41, 5.74) is 7.65. The van der Waals surface area contributed by atoms with Crippen LogP contribution < -0.4 is 16.4 Å². The second kappa shape index (κ2) is 7.98. The van der Waals surface area contributed by atoms with Gasteiger partial charge >= 0.3 is 6.03 Å². The molecule has 0 spiro atoms. The number of nitrogens with zero attached hydrogens (tertiary/aromatic N) is 2. The Hall–Kier alpha value is -2.83. The molecular weight excluding hydrogens is 294 g/mol. The maximum Gasteiger partial charge on any atom is 0.312 e. The highest BCUT2D eigenvalue weighted by Gasteiger charge is 2.05. The number of nitrogens with one attached hydrogen (secondary N) is 2. The van der Waals surface area contributed by atoms with Gasteiger partial charge in [0.15, 0.2) is 0 Å². The lowest BCUT2D eigenvalue weighted by atomic mass is 10.1. The highest BCUT2D eigenvalue weighted by atomic mass is 16.2. The predicted molar refractivity (Wildman–Crippen MR) is 86.7 cm³/mol. The molecule has 0 aliphatic rings. The Morgan fingerprint density at radius 1 is 1.17 bits per heavy atom. The van der Waals surface area contributed by atoms with Crippen molar-refractivity contribution in [2.75, 3.05) is 6.54 Å². The smallest absolute Gasteiger partial charge is 0.312 e. The van der Waals surface area contributed by atoms with E-state index in [0.717, 1.165) is 24.0 Å². The van der Waals surface area contributed by atoms with Crippen molar-refractivity contribution in [3.8, 4) is 0 Å². The summed E-state index contributed by atoms with van der Waals surface area (Å²) in [4.78, 5) is 22.7. The summed E-state index contributed by atoms with van der Waals surface area (Å²) in [5, 5.41) is 9.50. The van der Waals surface area contributed by atoms with Crippen LogP contribution in [0.2, 0.25) is 0 Å². The van der Waals surface area contributed by atoms with E-state index in [1.54, 1.807) is 28.9 Å². The average molecular weight is 315 g/mol. The van der Waals surface area contributed by atoms with E-state index in [4.69, 9.17) is 5.73 Å². The maximum atomic E-state index is 12.0. The minimum Gasteiger partial charge on any atom is -0.352 e. The van der Waals surface area contributed by atoms with E-state index in [0.29, 0.717) is 18.7 Å². The molecule has 122 valence electrons. The van der Waals surface area contributed by atoms with Crippen molar-refractivity contribution in [3.05, 3.63) is 53.3 Å². The fourth-order valence-electron chi connectivity index (χ4n) is 2.16. The first-order chi connectivity index (χ1) is 11.0. The molecule has 0 atom stereocenters. The van der Waals surface area contributed by atoms with Gasteiger partial charge in [0, 0.05) is 31.9 Å². The zero-order valence-electron chi connectivity index (χ0n) is 13.1. The van der Waals surface area contributed by atoms with Gasteiger partial charge in [-0.2, -0.15) is 5.10 Å². The van der Waals surface area contributed by atoms with Gasteiger partial charge in [-0.05, 0) is 36.1 Å². The molecule has 0 saturated heterocycles. The van der Waals surface area contributed by atoms with Gasteiger partial charge in [0.25, 0.3) is 5.91 Å². The predicted octanol–water partition coefficient (Wildman–Crippen LogP) is 0.951. The zero-order chi connectivity index (χ0) is 16.7. The highest BCUT2D eigenvalue weighted by Crippen LogP contribution is 2.05. The minimum absolute atomic E-state index is 0.106. The van der Waals surface area contributed by atoms with Gasteiger partial charge in [-0.3, -0.25) is 9.48 Å². The molecule has 2 aromatic rings. The highest BCUT2D eigenvalue weighted by molar-refractivity contribution is 5.94. The van der Waals surface area contributed by atoms with Crippen molar-refractivity contribution in [2.24, 2.45) is 12.8 Å². The van der Waals surface area contributed by atoms with Crippen LogP contribution in [0.1, 0.15) is 27.9 Å². The van der Waals surface area contributed by atoms with E-state index >= 15 is 0 Å². The number of urea groups is 1. The molecule has 0 unspecified atom stereocenters. The number of hydrogen-bond donors (Lipinski definition) is 3. The third-order valence-electron chi connectivity index (χ3n) is 3.37. The summed E-state index contributed by atoms with van der Waals surface area (Å²) in [7, 11) is 1.88. The average Bonchev–Trinajstić information content (AvgIpc) is 2.95. The molecule has 0 aliphatic carbocycles. The van der Waals surface area contributed by atoms with Gasteiger partial charge in [-0.1, -0.05) is 12.1 Å². The first-order valence-corrected chi connectivity index (χ1v) is 7.42. The molecule has 7 heteroatoms. The molecule has 0 bridgehead atoms. The quantitative estimate of drug-likeness (QED) is 0.663. The summed E-state index contributed by atoms with van der Waals surface area (Å²) < 4.78 is 1.77. The van der Waals surface area contributed by atoms with E-state index in [2.05, 4.69) is 15.7 Å². The third kappa shape index (κ3) is 5.46. The van der Waals surface area contributed by atoms with Crippen LogP contribution >= 0.6 is 0 Å². The molecule has 0 radical (unpaired) electrons. The normalized spacial score (nSPS) is 10.3. The SMILES string of the molecule is Cn1cc(CCCNC(=O)c2ccc(CNC(N)=O)cc2)cn1. The lowest BCUT2D eigenvalue weighted by molar-refractivity contribution is 0.0953. The molecule has 7 nitrogen and oxygen atoms in total. The van der Waals surface area contributed by atoms with E-state index in [-0.39, 0.29) is 5.91 Å². The van der Waals surface area contributed by atoms with E-state index in [9.17, 15) is 9.59 Å². The second-order valence-corrected chi connectivity index (χ2v) is 5.30. The van der Waals surface area contributed by atoms with Gasteiger partial charge in [0.1, 0.15) is 0 Å². The van der Waals surface area contributed by atoms with Crippen LogP contribution in [0.15, 0.2) is 36.7 Å². The molecule has 0 aliphatic heterocycles. The number of hydrogen-bond acceptors (Lipinski definition) is 3.